The molecule has 6 heteroatoms. The van der Waals surface area contributed by atoms with Gasteiger partial charge in [0.15, 0.2) is 11.6 Å². The molecule has 1 aromatic carbocycles. The Bertz CT molecular complexity index is 417. The van der Waals surface area contributed by atoms with Crippen LogP contribution in [0.4, 0.5) is 17.6 Å². The Balaban J connectivity index is 2.19. The number of nitrogens with zero attached hydrogens (tertiary/aromatic N) is 1. The molecule has 1 heterocycles. The van der Waals surface area contributed by atoms with Gasteiger partial charge in [0.05, 0.1) is 0 Å². The number of alkyl halides is 2. The first-order chi connectivity index (χ1) is 8.58. The van der Waals surface area contributed by atoms with E-state index in [1.54, 1.807) is 0 Å². The molecule has 1 aromatic rings. The summed E-state index contributed by atoms with van der Waals surface area (Å²) in [5.41, 5.74) is -0.480. The molecule has 1 aliphatic heterocycles. The van der Waals surface area contributed by atoms with E-state index in [1.807, 2.05) is 4.90 Å². The average Bonchev–Trinajstić information content (AvgIpc) is 2.35. The number of benzene rings is 1. The van der Waals surface area contributed by atoms with Gasteiger partial charge in [0.1, 0.15) is 0 Å². The molecule has 0 atom stereocenters. The molecule has 18 heavy (non-hydrogen) atoms. The summed E-state index contributed by atoms with van der Waals surface area (Å²) in [7, 11) is 0. The van der Waals surface area contributed by atoms with Crippen LogP contribution in [0.1, 0.15) is 17.6 Å². The van der Waals surface area contributed by atoms with Crippen LogP contribution >= 0.6 is 0 Å². The third kappa shape index (κ3) is 3.00. The quantitative estimate of drug-likeness (QED) is 0.841. The summed E-state index contributed by atoms with van der Waals surface area (Å²) in [6.07, 6.45) is -2.79. The van der Waals surface area contributed by atoms with Crippen molar-refractivity contribution in [1.82, 2.24) is 10.2 Å². The Morgan fingerprint density at radius 2 is 1.83 bits per heavy atom. The summed E-state index contributed by atoms with van der Waals surface area (Å²) >= 11 is 0. The van der Waals surface area contributed by atoms with Gasteiger partial charge in [0, 0.05) is 43.9 Å². The molecular formula is C12H14F4N2. The summed E-state index contributed by atoms with van der Waals surface area (Å²) < 4.78 is 51.8. The van der Waals surface area contributed by atoms with Crippen LogP contribution in [0.3, 0.4) is 0 Å². The van der Waals surface area contributed by atoms with E-state index in [9.17, 15) is 17.6 Å². The molecule has 0 spiro atoms. The van der Waals surface area contributed by atoms with Crippen LogP contribution in [0.2, 0.25) is 0 Å². The Hall–Kier alpha value is -1.14. The van der Waals surface area contributed by atoms with Crippen LogP contribution in [-0.4, -0.2) is 31.1 Å². The number of rotatable bonds is 3. The average molecular weight is 262 g/mol. The Kier molecular flexibility index (Phi) is 4.19. The monoisotopic (exact) mass is 262 g/mol. The van der Waals surface area contributed by atoms with Crippen molar-refractivity contribution in [2.45, 2.75) is 13.0 Å². The molecule has 1 aliphatic rings. The molecule has 0 bridgehead atoms. The first kappa shape index (κ1) is 13.3. The molecule has 2 nitrogen and oxygen atoms in total. The third-order valence-corrected chi connectivity index (χ3v) is 2.98. The van der Waals surface area contributed by atoms with Crippen molar-refractivity contribution in [2.24, 2.45) is 0 Å². The van der Waals surface area contributed by atoms with Crippen molar-refractivity contribution in [2.75, 3.05) is 26.2 Å². The van der Waals surface area contributed by atoms with E-state index >= 15 is 0 Å². The van der Waals surface area contributed by atoms with Crippen molar-refractivity contribution < 1.29 is 17.6 Å². The molecule has 0 radical (unpaired) electrons. The maximum atomic E-state index is 13.5. The minimum absolute atomic E-state index is 0.00722. The molecule has 1 saturated heterocycles. The van der Waals surface area contributed by atoms with Gasteiger partial charge in [-0.15, -0.1) is 0 Å². The second-order valence-electron chi connectivity index (χ2n) is 4.30. The number of nitrogens with one attached hydrogen (secondary N) is 1. The van der Waals surface area contributed by atoms with Gasteiger partial charge in [-0.1, -0.05) is 0 Å². The number of hydrogen-bond acceptors (Lipinski definition) is 2. The topological polar surface area (TPSA) is 15.3 Å². The fourth-order valence-electron chi connectivity index (χ4n) is 2.02. The zero-order valence-corrected chi connectivity index (χ0v) is 9.73. The molecule has 100 valence electrons. The minimum Gasteiger partial charge on any atom is -0.314 e. The minimum atomic E-state index is -2.79. The van der Waals surface area contributed by atoms with Gasteiger partial charge in [-0.2, -0.15) is 0 Å². The standard InChI is InChI=1S/C12H14F4N2/c13-10-6-8(12(15)16)5-9(11(10)14)7-18-3-1-17-2-4-18/h5-6,12,17H,1-4,7H2. The summed E-state index contributed by atoms with van der Waals surface area (Å²) in [4.78, 5) is 1.91. The Morgan fingerprint density at radius 3 is 2.44 bits per heavy atom. The van der Waals surface area contributed by atoms with Gasteiger partial charge in [-0.25, -0.2) is 17.6 Å². The number of hydrogen-bond donors (Lipinski definition) is 1. The molecule has 0 unspecified atom stereocenters. The van der Waals surface area contributed by atoms with Crippen LogP contribution < -0.4 is 5.32 Å². The van der Waals surface area contributed by atoms with Crippen molar-refractivity contribution in [3.05, 3.63) is 34.9 Å². The van der Waals surface area contributed by atoms with Gasteiger partial charge < -0.3 is 5.32 Å². The van der Waals surface area contributed by atoms with E-state index in [-0.39, 0.29) is 12.1 Å². The lowest BCUT2D eigenvalue weighted by molar-refractivity contribution is 0.150. The first-order valence-corrected chi connectivity index (χ1v) is 5.77. The number of piperazine rings is 1. The summed E-state index contributed by atoms with van der Waals surface area (Å²) in [5.74, 6) is -2.24. The second-order valence-corrected chi connectivity index (χ2v) is 4.30. The fraction of sp³-hybridized carbons (Fsp3) is 0.500. The third-order valence-electron chi connectivity index (χ3n) is 2.98. The first-order valence-electron chi connectivity index (χ1n) is 5.77. The maximum Gasteiger partial charge on any atom is 0.263 e. The maximum absolute atomic E-state index is 13.5. The zero-order valence-electron chi connectivity index (χ0n) is 9.73. The highest BCUT2D eigenvalue weighted by Crippen LogP contribution is 2.24. The van der Waals surface area contributed by atoms with Crippen LogP contribution in [0.25, 0.3) is 0 Å². The van der Waals surface area contributed by atoms with E-state index in [4.69, 9.17) is 0 Å². The highest BCUT2D eigenvalue weighted by molar-refractivity contribution is 5.27. The molecule has 0 saturated carbocycles. The van der Waals surface area contributed by atoms with Crippen molar-refractivity contribution >= 4 is 0 Å². The predicted molar refractivity (Wildman–Crippen MR) is 59.5 cm³/mol. The van der Waals surface area contributed by atoms with Gasteiger partial charge >= 0.3 is 0 Å². The number of halogens is 4. The van der Waals surface area contributed by atoms with E-state index in [0.29, 0.717) is 19.2 Å². The molecule has 0 aromatic heterocycles. The summed E-state index contributed by atoms with van der Waals surface area (Å²) in [6, 6.07) is 1.60. The van der Waals surface area contributed by atoms with Gasteiger partial charge in [0.2, 0.25) is 0 Å². The Labute approximate surface area is 103 Å². The van der Waals surface area contributed by atoms with Crippen molar-refractivity contribution in [1.29, 1.82) is 0 Å². The zero-order chi connectivity index (χ0) is 13.1. The molecule has 2 rings (SSSR count). The van der Waals surface area contributed by atoms with Crippen LogP contribution in [-0.2, 0) is 6.54 Å². The summed E-state index contributed by atoms with van der Waals surface area (Å²) in [6.45, 7) is 3.07. The van der Waals surface area contributed by atoms with E-state index in [0.717, 1.165) is 19.2 Å². The van der Waals surface area contributed by atoms with Crippen molar-refractivity contribution in [3.63, 3.8) is 0 Å². The van der Waals surface area contributed by atoms with Crippen LogP contribution in [0.15, 0.2) is 12.1 Å². The largest absolute Gasteiger partial charge is 0.314 e. The second kappa shape index (κ2) is 5.67. The lowest BCUT2D eigenvalue weighted by Gasteiger charge is -2.27. The highest BCUT2D eigenvalue weighted by atomic mass is 19.3. The fourth-order valence-corrected chi connectivity index (χ4v) is 2.02. The van der Waals surface area contributed by atoms with E-state index in [1.165, 1.54) is 0 Å². The lowest BCUT2D eigenvalue weighted by atomic mass is 10.1. The summed E-state index contributed by atoms with van der Waals surface area (Å²) in [5, 5.41) is 3.13. The molecule has 1 N–H and O–H groups in total. The van der Waals surface area contributed by atoms with Gasteiger partial charge in [0.25, 0.3) is 6.43 Å². The highest BCUT2D eigenvalue weighted by Gasteiger charge is 2.18. The van der Waals surface area contributed by atoms with Gasteiger partial charge in [-0.05, 0) is 12.1 Å². The SMILES string of the molecule is Fc1cc(C(F)F)cc(CN2CCNCC2)c1F. The molecular weight excluding hydrogens is 248 g/mol. The van der Waals surface area contributed by atoms with Crippen molar-refractivity contribution in [3.8, 4) is 0 Å². The van der Waals surface area contributed by atoms with Crippen LogP contribution in [0.5, 0.6) is 0 Å². The van der Waals surface area contributed by atoms with Gasteiger partial charge in [-0.3, -0.25) is 4.90 Å². The molecule has 0 amide bonds. The van der Waals surface area contributed by atoms with Crippen LogP contribution in [0, 0.1) is 11.6 Å². The van der Waals surface area contributed by atoms with E-state index in [2.05, 4.69) is 5.32 Å². The lowest BCUT2D eigenvalue weighted by Crippen LogP contribution is -2.43. The predicted octanol–water partition coefficient (Wildman–Crippen LogP) is 2.31. The smallest absolute Gasteiger partial charge is 0.263 e. The van der Waals surface area contributed by atoms with E-state index < -0.39 is 23.6 Å². The molecule has 1 fully saturated rings. The normalized spacial score (nSPS) is 17.4. The Morgan fingerprint density at radius 1 is 1.17 bits per heavy atom. The molecule has 0 aliphatic carbocycles.